The van der Waals surface area contributed by atoms with Crippen molar-refractivity contribution in [2.24, 2.45) is 0 Å². The number of nitrogens with zero attached hydrogens (tertiary/aromatic N) is 1. The molecule has 0 amide bonds. The molecule has 0 saturated heterocycles. The van der Waals surface area contributed by atoms with Crippen molar-refractivity contribution >= 4 is 29.3 Å². The summed E-state index contributed by atoms with van der Waals surface area (Å²) in [7, 11) is 0. The number of allylic oxidation sites excluding steroid dienone is 1. The molecule has 3 heteroatoms. The molecule has 2 aromatic heterocycles. The summed E-state index contributed by atoms with van der Waals surface area (Å²) in [5, 5.41) is 0.972. The first-order chi connectivity index (χ1) is 7.81. The van der Waals surface area contributed by atoms with Crippen molar-refractivity contribution in [3.8, 4) is 0 Å². The van der Waals surface area contributed by atoms with Gasteiger partial charge in [-0.2, -0.15) is 0 Å². The maximum Gasteiger partial charge on any atom is 0.170 e. The summed E-state index contributed by atoms with van der Waals surface area (Å²) in [6.45, 7) is 5.73. The fourth-order valence-corrected chi connectivity index (χ4v) is 1.79. The van der Waals surface area contributed by atoms with Gasteiger partial charge in [0.15, 0.2) is 6.29 Å². The molecule has 0 radical (unpaired) electrons. The molecule has 80 valence electrons. The zero-order chi connectivity index (χ0) is 11.5. The van der Waals surface area contributed by atoms with Crippen LogP contribution in [0.15, 0.2) is 24.9 Å². The molecule has 3 nitrogen and oxygen atoms in total. The van der Waals surface area contributed by atoms with Gasteiger partial charge in [0.1, 0.15) is 5.69 Å². The molecule has 2 aromatic rings. The minimum Gasteiger partial charge on any atom is -0.353 e. The highest BCUT2D eigenvalue weighted by Crippen LogP contribution is 2.25. The fourth-order valence-electron chi connectivity index (χ4n) is 1.79. The van der Waals surface area contributed by atoms with Crippen LogP contribution in [0.2, 0.25) is 0 Å². The number of aldehydes is 1. The van der Waals surface area contributed by atoms with Gasteiger partial charge in [-0.3, -0.25) is 9.78 Å². The normalized spacial score (nSPS) is 11.1. The van der Waals surface area contributed by atoms with Crippen molar-refractivity contribution in [1.29, 1.82) is 0 Å². The minimum atomic E-state index is 0.427. The SMILES string of the molecule is C=Cc1c(/C=C\C)[nH]c2c(C=O)nccc12. The van der Waals surface area contributed by atoms with Gasteiger partial charge in [-0.15, -0.1) is 0 Å². The highest BCUT2D eigenvalue weighted by atomic mass is 16.1. The van der Waals surface area contributed by atoms with Crippen LogP contribution in [0.3, 0.4) is 0 Å². The van der Waals surface area contributed by atoms with Crippen molar-refractivity contribution in [1.82, 2.24) is 9.97 Å². The van der Waals surface area contributed by atoms with Crippen LogP contribution in [-0.2, 0) is 0 Å². The number of rotatable bonds is 3. The van der Waals surface area contributed by atoms with Gasteiger partial charge in [0.25, 0.3) is 0 Å². The lowest BCUT2D eigenvalue weighted by Crippen LogP contribution is -1.86. The summed E-state index contributed by atoms with van der Waals surface area (Å²) in [6, 6.07) is 1.88. The average molecular weight is 212 g/mol. The molecule has 0 fully saturated rings. The zero-order valence-corrected chi connectivity index (χ0v) is 9.03. The van der Waals surface area contributed by atoms with E-state index in [1.807, 2.05) is 25.1 Å². The Morgan fingerprint density at radius 1 is 1.50 bits per heavy atom. The lowest BCUT2D eigenvalue weighted by atomic mass is 10.1. The first kappa shape index (κ1) is 10.4. The number of hydrogen-bond acceptors (Lipinski definition) is 2. The van der Waals surface area contributed by atoms with Crippen LogP contribution in [0.4, 0.5) is 0 Å². The molecule has 0 aliphatic carbocycles. The molecule has 0 atom stereocenters. The topological polar surface area (TPSA) is 45.8 Å². The van der Waals surface area contributed by atoms with E-state index in [1.54, 1.807) is 12.3 Å². The van der Waals surface area contributed by atoms with Gasteiger partial charge in [-0.05, 0) is 19.1 Å². The lowest BCUT2D eigenvalue weighted by Gasteiger charge is -1.93. The number of hydrogen-bond donors (Lipinski definition) is 1. The summed E-state index contributed by atoms with van der Waals surface area (Å²) < 4.78 is 0. The Morgan fingerprint density at radius 3 is 2.94 bits per heavy atom. The second-order valence-corrected chi connectivity index (χ2v) is 3.39. The Bertz CT molecular complexity index is 579. The van der Waals surface area contributed by atoms with E-state index in [4.69, 9.17) is 0 Å². The van der Waals surface area contributed by atoms with Crippen molar-refractivity contribution < 1.29 is 4.79 Å². The highest BCUT2D eigenvalue weighted by molar-refractivity contribution is 6.00. The third kappa shape index (κ3) is 1.46. The molecule has 2 rings (SSSR count). The molecule has 2 heterocycles. The van der Waals surface area contributed by atoms with Gasteiger partial charge >= 0.3 is 0 Å². The smallest absolute Gasteiger partial charge is 0.170 e. The van der Waals surface area contributed by atoms with E-state index < -0.39 is 0 Å². The summed E-state index contributed by atoms with van der Waals surface area (Å²) >= 11 is 0. The molecule has 0 spiro atoms. The standard InChI is InChI=1S/C13H12N2O/c1-3-5-11-9(4-2)10-6-7-14-12(8-16)13(10)15-11/h3-8,15H,2H2,1H3/b5-3-. The number of aromatic nitrogens is 2. The maximum atomic E-state index is 10.9. The van der Waals surface area contributed by atoms with Gasteiger partial charge in [0.2, 0.25) is 0 Å². The molecule has 0 aliphatic heterocycles. The number of nitrogens with one attached hydrogen (secondary N) is 1. The second-order valence-electron chi connectivity index (χ2n) is 3.39. The van der Waals surface area contributed by atoms with Crippen LogP contribution in [0.25, 0.3) is 23.1 Å². The van der Waals surface area contributed by atoms with Crippen LogP contribution in [-0.4, -0.2) is 16.3 Å². The van der Waals surface area contributed by atoms with Gasteiger partial charge in [0, 0.05) is 22.8 Å². The molecule has 1 N–H and O–H groups in total. The Labute approximate surface area is 93.5 Å². The molecule has 16 heavy (non-hydrogen) atoms. The molecular weight excluding hydrogens is 200 g/mol. The van der Waals surface area contributed by atoms with Gasteiger partial charge in [-0.1, -0.05) is 18.7 Å². The highest BCUT2D eigenvalue weighted by Gasteiger charge is 2.09. The summed E-state index contributed by atoms with van der Waals surface area (Å²) in [5.74, 6) is 0. The summed E-state index contributed by atoms with van der Waals surface area (Å²) in [5.41, 5.74) is 3.14. The first-order valence-corrected chi connectivity index (χ1v) is 5.02. The Balaban J connectivity index is 2.85. The van der Waals surface area contributed by atoms with Gasteiger partial charge < -0.3 is 4.98 Å². The van der Waals surface area contributed by atoms with E-state index in [-0.39, 0.29) is 0 Å². The second kappa shape index (κ2) is 4.14. The minimum absolute atomic E-state index is 0.427. The number of fused-ring (bicyclic) bond motifs is 1. The molecule has 0 unspecified atom stereocenters. The van der Waals surface area contributed by atoms with E-state index >= 15 is 0 Å². The largest absolute Gasteiger partial charge is 0.353 e. The molecule has 0 saturated carbocycles. The quantitative estimate of drug-likeness (QED) is 0.795. The van der Waals surface area contributed by atoms with Crippen molar-refractivity contribution in [2.45, 2.75) is 6.92 Å². The van der Waals surface area contributed by atoms with Crippen LogP contribution in [0.5, 0.6) is 0 Å². The van der Waals surface area contributed by atoms with Crippen molar-refractivity contribution in [3.05, 3.63) is 41.9 Å². The van der Waals surface area contributed by atoms with E-state index in [0.29, 0.717) is 5.69 Å². The monoisotopic (exact) mass is 212 g/mol. The van der Waals surface area contributed by atoms with E-state index in [0.717, 1.165) is 28.4 Å². The van der Waals surface area contributed by atoms with Crippen LogP contribution < -0.4 is 0 Å². The first-order valence-electron chi connectivity index (χ1n) is 5.02. The van der Waals surface area contributed by atoms with Crippen molar-refractivity contribution in [2.75, 3.05) is 0 Å². The molecular formula is C13H12N2O. The lowest BCUT2D eigenvalue weighted by molar-refractivity contribution is 0.112. The fraction of sp³-hybridized carbons (Fsp3) is 0.0769. The predicted octanol–water partition coefficient (Wildman–Crippen LogP) is 3.05. The van der Waals surface area contributed by atoms with Gasteiger partial charge in [-0.25, -0.2) is 0 Å². The van der Waals surface area contributed by atoms with Crippen LogP contribution in [0, 0.1) is 0 Å². The number of H-pyrrole nitrogens is 1. The molecule has 0 aromatic carbocycles. The summed E-state index contributed by atoms with van der Waals surface area (Å²) in [4.78, 5) is 18.1. The number of pyridine rings is 1. The molecule has 0 aliphatic rings. The maximum absolute atomic E-state index is 10.9. The van der Waals surface area contributed by atoms with Crippen LogP contribution in [0.1, 0.15) is 28.7 Å². The summed E-state index contributed by atoms with van der Waals surface area (Å²) in [6.07, 6.45) is 8.05. The van der Waals surface area contributed by atoms with Gasteiger partial charge in [0.05, 0.1) is 5.52 Å². The Hall–Kier alpha value is -2.16. The van der Waals surface area contributed by atoms with Crippen molar-refractivity contribution in [3.63, 3.8) is 0 Å². The Morgan fingerprint density at radius 2 is 2.31 bits per heavy atom. The third-order valence-corrected chi connectivity index (χ3v) is 2.47. The third-order valence-electron chi connectivity index (χ3n) is 2.47. The zero-order valence-electron chi connectivity index (χ0n) is 9.03. The van der Waals surface area contributed by atoms with E-state index in [9.17, 15) is 4.79 Å². The average Bonchev–Trinajstić information content (AvgIpc) is 2.66. The predicted molar refractivity (Wildman–Crippen MR) is 66.3 cm³/mol. The number of aromatic amines is 1. The number of carbonyl (C=O) groups is 1. The van der Waals surface area contributed by atoms with E-state index in [1.165, 1.54) is 0 Å². The Kier molecular flexibility index (Phi) is 2.68. The van der Waals surface area contributed by atoms with E-state index in [2.05, 4.69) is 16.5 Å². The van der Waals surface area contributed by atoms with Crippen LogP contribution >= 0.6 is 0 Å². The molecule has 0 bridgehead atoms. The number of carbonyl (C=O) groups excluding carboxylic acids is 1.